The smallest absolute Gasteiger partial charge is 0.129 e. The van der Waals surface area contributed by atoms with Crippen LogP contribution < -0.4 is 5.32 Å². The van der Waals surface area contributed by atoms with Crippen LogP contribution in [0.3, 0.4) is 0 Å². The average molecular weight is 316 g/mol. The number of benzene rings is 1. The Bertz CT molecular complexity index is 559. The molecule has 3 rings (SSSR count). The Labute approximate surface area is 136 Å². The van der Waals surface area contributed by atoms with E-state index in [1.54, 1.807) is 6.26 Å². The molecular formula is C18H24N2O3. The van der Waals surface area contributed by atoms with E-state index >= 15 is 0 Å². The van der Waals surface area contributed by atoms with Crippen LogP contribution in [0.4, 0.5) is 5.69 Å². The predicted octanol–water partition coefficient (Wildman–Crippen LogP) is 2.34. The van der Waals surface area contributed by atoms with Crippen molar-refractivity contribution in [3.05, 3.63) is 54.5 Å². The fraction of sp³-hybridized carbons (Fsp3) is 0.444. The number of hydrogen-bond acceptors (Lipinski definition) is 5. The van der Waals surface area contributed by atoms with Gasteiger partial charge in [-0.2, -0.15) is 0 Å². The first kappa shape index (κ1) is 16.1. The SMILES string of the molecule is OC(COCc1ccco1)CN1CCC(Nc2ccccc2)C1. The molecule has 1 fully saturated rings. The number of furan rings is 1. The zero-order chi connectivity index (χ0) is 15.9. The molecule has 2 heterocycles. The van der Waals surface area contributed by atoms with Crippen LogP contribution in [0.5, 0.6) is 0 Å². The van der Waals surface area contributed by atoms with E-state index in [0.29, 0.717) is 25.8 Å². The van der Waals surface area contributed by atoms with Crippen LogP contribution in [-0.4, -0.2) is 48.4 Å². The lowest BCUT2D eigenvalue weighted by molar-refractivity contribution is 0.00823. The molecule has 2 atom stereocenters. The van der Waals surface area contributed by atoms with E-state index in [1.807, 2.05) is 30.3 Å². The maximum absolute atomic E-state index is 10.1. The van der Waals surface area contributed by atoms with E-state index in [1.165, 1.54) is 0 Å². The lowest BCUT2D eigenvalue weighted by atomic mass is 10.2. The number of aliphatic hydroxyl groups is 1. The van der Waals surface area contributed by atoms with Crippen LogP contribution in [0, 0.1) is 0 Å². The van der Waals surface area contributed by atoms with Gasteiger partial charge in [0, 0.05) is 31.4 Å². The molecule has 1 aromatic heterocycles. The average Bonchev–Trinajstić information content (AvgIpc) is 3.21. The van der Waals surface area contributed by atoms with Crippen molar-refractivity contribution in [2.24, 2.45) is 0 Å². The number of anilines is 1. The molecule has 23 heavy (non-hydrogen) atoms. The monoisotopic (exact) mass is 316 g/mol. The minimum atomic E-state index is -0.472. The first-order chi connectivity index (χ1) is 11.3. The molecule has 2 aromatic rings. The van der Waals surface area contributed by atoms with Gasteiger partial charge < -0.3 is 19.6 Å². The molecule has 2 N–H and O–H groups in total. The summed E-state index contributed by atoms with van der Waals surface area (Å²) in [5.41, 5.74) is 1.15. The van der Waals surface area contributed by atoms with Gasteiger partial charge in [-0.25, -0.2) is 0 Å². The molecule has 2 unspecified atom stereocenters. The number of nitrogens with one attached hydrogen (secondary N) is 1. The number of aliphatic hydroxyl groups excluding tert-OH is 1. The zero-order valence-corrected chi connectivity index (χ0v) is 13.2. The second-order valence-corrected chi connectivity index (χ2v) is 6.00. The molecule has 124 valence electrons. The summed E-state index contributed by atoms with van der Waals surface area (Å²) in [5, 5.41) is 13.6. The molecule has 0 saturated carbocycles. The predicted molar refractivity (Wildman–Crippen MR) is 89.3 cm³/mol. The third-order valence-electron chi connectivity index (χ3n) is 4.02. The molecule has 0 radical (unpaired) electrons. The second kappa shape index (κ2) is 8.15. The van der Waals surface area contributed by atoms with E-state index in [4.69, 9.17) is 9.15 Å². The summed E-state index contributed by atoms with van der Waals surface area (Å²) in [7, 11) is 0. The minimum absolute atomic E-state index is 0.327. The Kier molecular flexibility index (Phi) is 5.69. The summed E-state index contributed by atoms with van der Waals surface area (Å²) in [6.45, 7) is 3.32. The highest BCUT2D eigenvalue weighted by Gasteiger charge is 2.24. The number of likely N-dealkylation sites (tertiary alicyclic amines) is 1. The molecular weight excluding hydrogens is 292 g/mol. The van der Waals surface area contributed by atoms with Crippen LogP contribution >= 0.6 is 0 Å². The molecule has 0 spiro atoms. The van der Waals surface area contributed by atoms with Crippen molar-refractivity contribution in [1.82, 2.24) is 4.90 Å². The minimum Gasteiger partial charge on any atom is -0.467 e. The van der Waals surface area contributed by atoms with Gasteiger partial charge in [-0.15, -0.1) is 0 Å². The lowest BCUT2D eigenvalue weighted by Crippen LogP contribution is -2.35. The fourth-order valence-corrected chi connectivity index (χ4v) is 2.93. The van der Waals surface area contributed by atoms with Crippen molar-refractivity contribution in [2.75, 3.05) is 31.6 Å². The standard InChI is InChI=1S/C18H24N2O3/c21-17(13-22-14-18-7-4-10-23-18)12-20-9-8-16(11-20)19-15-5-2-1-3-6-15/h1-7,10,16-17,19,21H,8-9,11-14H2. The number of β-amino-alcohol motifs (C(OH)–C–C–N with tert-alkyl or cyclic N) is 1. The Morgan fingerprint density at radius 1 is 1.26 bits per heavy atom. The summed E-state index contributed by atoms with van der Waals surface area (Å²) in [5.74, 6) is 0.783. The van der Waals surface area contributed by atoms with Gasteiger partial charge in [-0.3, -0.25) is 4.90 Å². The van der Waals surface area contributed by atoms with Gasteiger partial charge in [0.05, 0.1) is 19.0 Å². The van der Waals surface area contributed by atoms with Crippen LogP contribution in [0.1, 0.15) is 12.2 Å². The quantitative estimate of drug-likeness (QED) is 0.783. The molecule has 1 aromatic carbocycles. The van der Waals surface area contributed by atoms with E-state index in [2.05, 4.69) is 22.3 Å². The maximum atomic E-state index is 10.1. The first-order valence-corrected chi connectivity index (χ1v) is 8.12. The molecule has 5 nitrogen and oxygen atoms in total. The number of rotatable bonds is 8. The molecule has 0 bridgehead atoms. The van der Waals surface area contributed by atoms with Crippen molar-refractivity contribution in [3.8, 4) is 0 Å². The highest BCUT2D eigenvalue weighted by Crippen LogP contribution is 2.16. The van der Waals surface area contributed by atoms with E-state index in [9.17, 15) is 5.11 Å². The third-order valence-corrected chi connectivity index (χ3v) is 4.02. The van der Waals surface area contributed by atoms with Crippen molar-refractivity contribution in [3.63, 3.8) is 0 Å². The number of hydrogen-bond donors (Lipinski definition) is 2. The van der Waals surface area contributed by atoms with Crippen molar-refractivity contribution in [2.45, 2.75) is 25.2 Å². The van der Waals surface area contributed by atoms with Gasteiger partial charge >= 0.3 is 0 Å². The maximum Gasteiger partial charge on any atom is 0.129 e. The van der Waals surface area contributed by atoms with Gasteiger partial charge in [0.2, 0.25) is 0 Å². The van der Waals surface area contributed by atoms with E-state index in [-0.39, 0.29) is 0 Å². The molecule has 0 amide bonds. The highest BCUT2D eigenvalue weighted by atomic mass is 16.5. The van der Waals surface area contributed by atoms with Crippen LogP contribution in [-0.2, 0) is 11.3 Å². The van der Waals surface area contributed by atoms with E-state index in [0.717, 1.165) is 31.0 Å². The third kappa shape index (κ3) is 5.10. The summed E-state index contributed by atoms with van der Waals surface area (Å²) in [4.78, 5) is 2.28. The highest BCUT2D eigenvalue weighted by molar-refractivity contribution is 5.43. The lowest BCUT2D eigenvalue weighted by Gasteiger charge is -2.20. The molecule has 1 saturated heterocycles. The Morgan fingerprint density at radius 3 is 2.91 bits per heavy atom. The van der Waals surface area contributed by atoms with Gasteiger partial charge in [-0.05, 0) is 30.7 Å². The second-order valence-electron chi connectivity index (χ2n) is 6.00. The normalized spacial score (nSPS) is 19.8. The molecule has 5 heteroatoms. The number of ether oxygens (including phenoxy) is 1. The first-order valence-electron chi connectivity index (χ1n) is 8.12. The zero-order valence-electron chi connectivity index (χ0n) is 13.2. The van der Waals surface area contributed by atoms with Gasteiger partial charge in [0.15, 0.2) is 0 Å². The van der Waals surface area contributed by atoms with Crippen LogP contribution in [0.2, 0.25) is 0 Å². The summed E-state index contributed by atoms with van der Waals surface area (Å²) >= 11 is 0. The van der Waals surface area contributed by atoms with E-state index < -0.39 is 6.10 Å². The number of para-hydroxylation sites is 1. The summed E-state index contributed by atoms with van der Waals surface area (Å²) in [6.07, 6.45) is 2.24. The Morgan fingerprint density at radius 2 is 2.13 bits per heavy atom. The van der Waals surface area contributed by atoms with Gasteiger partial charge in [-0.1, -0.05) is 18.2 Å². The topological polar surface area (TPSA) is 57.9 Å². The molecule has 1 aliphatic rings. The summed E-state index contributed by atoms with van der Waals surface area (Å²) < 4.78 is 10.7. The van der Waals surface area contributed by atoms with Crippen molar-refractivity contribution in [1.29, 1.82) is 0 Å². The van der Waals surface area contributed by atoms with Crippen molar-refractivity contribution >= 4 is 5.69 Å². The van der Waals surface area contributed by atoms with Crippen LogP contribution in [0.25, 0.3) is 0 Å². The van der Waals surface area contributed by atoms with Gasteiger partial charge in [0.25, 0.3) is 0 Å². The summed E-state index contributed by atoms with van der Waals surface area (Å²) in [6, 6.07) is 14.4. The molecule has 0 aliphatic carbocycles. The van der Waals surface area contributed by atoms with Crippen LogP contribution in [0.15, 0.2) is 53.1 Å². The fourth-order valence-electron chi connectivity index (χ4n) is 2.93. The van der Waals surface area contributed by atoms with Gasteiger partial charge in [0.1, 0.15) is 12.4 Å². The Balaban J connectivity index is 1.34. The molecule has 1 aliphatic heterocycles. The Hall–Kier alpha value is -1.82. The number of nitrogens with zero attached hydrogens (tertiary/aromatic N) is 1. The largest absolute Gasteiger partial charge is 0.467 e. The van der Waals surface area contributed by atoms with Crippen molar-refractivity contribution < 1.29 is 14.3 Å².